The average Bonchev–Trinajstić information content (AvgIpc) is 2.76. The summed E-state index contributed by atoms with van der Waals surface area (Å²) in [5.41, 5.74) is 3.70. The Morgan fingerprint density at radius 3 is 2.57 bits per heavy atom. The number of nitrogens with zero attached hydrogens (tertiary/aromatic N) is 2. The fourth-order valence-corrected chi connectivity index (χ4v) is 4.71. The number of nitrogens with one attached hydrogen (secondary N) is 1. The summed E-state index contributed by atoms with van der Waals surface area (Å²) in [6.45, 7) is 7.09. The van der Waals surface area contributed by atoms with E-state index in [1.165, 1.54) is 16.8 Å². The fourth-order valence-electron chi connectivity index (χ4n) is 4.54. The molecule has 4 rings (SSSR count). The van der Waals surface area contributed by atoms with Gasteiger partial charge in [0.25, 0.3) is 0 Å². The maximum atomic E-state index is 13.3. The molecule has 2 saturated heterocycles. The standard InChI is InChI=1S/C23H28ClN3O/c1-17-7-8-19(24)15-22(17)26-11-13-27(14-12-26)23(28)21-16-25-10-9-20(21)18-5-3-2-4-6-18/h2-8,15,20-21,25H,9-14,16H2,1H3/t20-,21+/m0/s1. The molecule has 0 unspecified atom stereocenters. The minimum absolute atomic E-state index is 0.0237. The van der Waals surface area contributed by atoms with Crippen molar-refractivity contribution >= 4 is 23.2 Å². The molecule has 0 aliphatic carbocycles. The molecule has 2 heterocycles. The van der Waals surface area contributed by atoms with Crippen LogP contribution in [-0.2, 0) is 4.79 Å². The highest BCUT2D eigenvalue weighted by molar-refractivity contribution is 6.30. The molecule has 2 fully saturated rings. The van der Waals surface area contributed by atoms with E-state index in [-0.39, 0.29) is 5.92 Å². The van der Waals surface area contributed by atoms with Crippen molar-refractivity contribution in [3.8, 4) is 0 Å². The largest absolute Gasteiger partial charge is 0.368 e. The van der Waals surface area contributed by atoms with Crippen molar-refractivity contribution in [2.24, 2.45) is 5.92 Å². The van der Waals surface area contributed by atoms with E-state index in [1.807, 2.05) is 18.2 Å². The number of benzene rings is 2. The van der Waals surface area contributed by atoms with E-state index >= 15 is 0 Å². The van der Waals surface area contributed by atoms with Crippen LogP contribution in [0.25, 0.3) is 0 Å². The molecule has 0 saturated carbocycles. The molecule has 0 aromatic heterocycles. The van der Waals surface area contributed by atoms with Gasteiger partial charge in [-0.15, -0.1) is 0 Å². The van der Waals surface area contributed by atoms with Crippen LogP contribution < -0.4 is 10.2 Å². The molecule has 0 bridgehead atoms. The van der Waals surface area contributed by atoms with E-state index in [1.54, 1.807) is 0 Å². The number of rotatable bonds is 3. The van der Waals surface area contributed by atoms with Gasteiger partial charge < -0.3 is 15.1 Å². The van der Waals surface area contributed by atoms with Crippen LogP contribution in [0.3, 0.4) is 0 Å². The van der Waals surface area contributed by atoms with Crippen molar-refractivity contribution in [3.05, 3.63) is 64.7 Å². The lowest BCUT2D eigenvalue weighted by Gasteiger charge is -2.40. The number of hydrogen-bond donors (Lipinski definition) is 1. The number of hydrogen-bond acceptors (Lipinski definition) is 3. The van der Waals surface area contributed by atoms with Crippen LogP contribution in [-0.4, -0.2) is 50.1 Å². The van der Waals surface area contributed by atoms with Crippen molar-refractivity contribution in [1.82, 2.24) is 10.2 Å². The monoisotopic (exact) mass is 397 g/mol. The predicted molar refractivity (Wildman–Crippen MR) is 115 cm³/mol. The molecule has 28 heavy (non-hydrogen) atoms. The SMILES string of the molecule is Cc1ccc(Cl)cc1N1CCN(C(=O)[C@@H]2CNCC[C@H]2c2ccccc2)CC1. The number of aryl methyl sites for hydroxylation is 1. The van der Waals surface area contributed by atoms with Crippen molar-refractivity contribution in [1.29, 1.82) is 0 Å². The van der Waals surface area contributed by atoms with E-state index in [2.05, 4.69) is 52.4 Å². The van der Waals surface area contributed by atoms with Gasteiger partial charge in [-0.25, -0.2) is 0 Å². The molecule has 2 aromatic rings. The Kier molecular flexibility index (Phi) is 5.88. The van der Waals surface area contributed by atoms with Crippen LogP contribution >= 0.6 is 11.6 Å². The molecule has 0 spiro atoms. The van der Waals surface area contributed by atoms with Crippen LogP contribution in [0.1, 0.15) is 23.5 Å². The Labute approximate surface area is 172 Å². The Morgan fingerprint density at radius 1 is 1.07 bits per heavy atom. The third-order valence-corrected chi connectivity index (χ3v) is 6.37. The first-order valence-corrected chi connectivity index (χ1v) is 10.6. The zero-order valence-electron chi connectivity index (χ0n) is 16.4. The quantitative estimate of drug-likeness (QED) is 0.857. The molecule has 4 nitrogen and oxygen atoms in total. The van der Waals surface area contributed by atoms with E-state index < -0.39 is 0 Å². The van der Waals surface area contributed by atoms with Gasteiger partial charge in [-0.3, -0.25) is 4.79 Å². The first-order valence-electron chi connectivity index (χ1n) is 10.2. The number of amides is 1. The van der Waals surface area contributed by atoms with Gasteiger partial charge in [0.1, 0.15) is 0 Å². The Balaban J connectivity index is 1.43. The maximum absolute atomic E-state index is 13.3. The van der Waals surface area contributed by atoms with Crippen LogP contribution in [0.5, 0.6) is 0 Å². The second kappa shape index (κ2) is 8.54. The Bertz CT molecular complexity index is 818. The summed E-state index contributed by atoms with van der Waals surface area (Å²) in [6, 6.07) is 16.5. The van der Waals surface area contributed by atoms with Gasteiger partial charge in [-0.2, -0.15) is 0 Å². The van der Waals surface area contributed by atoms with E-state index in [0.29, 0.717) is 11.8 Å². The summed E-state index contributed by atoms with van der Waals surface area (Å²) >= 11 is 6.19. The number of carbonyl (C=O) groups is 1. The highest BCUT2D eigenvalue weighted by Crippen LogP contribution is 2.32. The molecule has 0 radical (unpaired) electrons. The summed E-state index contributed by atoms with van der Waals surface area (Å²) in [5.74, 6) is 0.627. The average molecular weight is 398 g/mol. The molecule has 2 aromatic carbocycles. The van der Waals surface area contributed by atoms with Crippen molar-refractivity contribution in [2.75, 3.05) is 44.2 Å². The highest BCUT2D eigenvalue weighted by atomic mass is 35.5. The lowest BCUT2D eigenvalue weighted by atomic mass is 9.80. The normalized spacial score (nSPS) is 22.9. The zero-order valence-corrected chi connectivity index (χ0v) is 17.2. The number of piperazine rings is 1. The van der Waals surface area contributed by atoms with Crippen LogP contribution in [0.15, 0.2) is 48.5 Å². The third kappa shape index (κ3) is 4.03. The highest BCUT2D eigenvalue weighted by Gasteiger charge is 2.35. The van der Waals surface area contributed by atoms with Crippen molar-refractivity contribution in [3.63, 3.8) is 0 Å². The first-order chi connectivity index (χ1) is 13.6. The lowest BCUT2D eigenvalue weighted by Crippen LogP contribution is -2.53. The number of anilines is 1. The molecule has 5 heteroatoms. The van der Waals surface area contributed by atoms with Crippen molar-refractivity contribution < 1.29 is 4.79 Å². The summed E-state index contributed by atoms with van der Waals surface area (Å²) in [4.78, 5) is 17.8. The summed E-state index contributed by atoms with van der Waals surface area (Å²) < 4.78 is 0. The van der Waals surface area contributed by atoms with Gasteiger partial charge >= 0.3 is 0 Å². The molecular formula is C23H28ClN3O. The third-order valence-electron chi connectivity index (χ3n) is 6.13. The molecule has 148 valence electrons. The minimum atomic E-state index is 0.0237. The summed E-state index contributed by atoms with van der Waals surface area (Å²) in [7, 11) is 0. The topological polar surface area (TPSA) is 35.6 Å². The predicted octanol–water partition coefficient (Wildman–Crippen LogP) is 3.69. The van der Waals surface area contributed by atoms with Gasteiger partial charge in [0.15, 0.2) is 0 Å². The Hall–Kier alpha value is -2.04. The van der Waals surface area contributed by atoms with Crippen LogP contribution in [0.2, 0.25) is 5.02 Å². The van der Waals surface area contributed by atoms with Crippen molar-refractivity contribution in [2.45, 2.75) is 19.3 Å². The lowest BCUT2D eigenvalue weighted by molar-refractivity contribution is -0.137. The number of carbonyl (C=O) groups excluding carboxylic acids is 1. The van der Waals surface area contributed by atoms with Gasteiger partial charge in [0.2, 0.25) is 5.91 Å². The molecule has 2 aliphatic rings. The minimum Gasteiger partial charge on any atom is -0.368 e. The van der Waals surface area contributed by atoms with Crippen LogP contribution in [0, 0.1) is 12.8 Å². The van der Waals surface area contributed by atoms with Gasteiger partial charge in [-0.05, 0) is 49.1 Å². The summed E-state index contributed by atoms with van der Waals surface area (Å²) in [5, 5.41) is 4.19. The fraction of sp³-hybridized carbons (Fsp3) is 0.435. The number of piperidine rings is 1. The zero-order chi connectivity index (χ0) is 19.5. The van der Waals surface area contributed by atoms with E-state index in [0.717, 1.165) is 50.7 Å². The van der Waals surface area contributed by atoms with Crippen LogP contribution in [0.4, 0.5) is 5.69 Å². The van der Waals surface area contributed by atoms with E-state index in [4.69, 9.17) is 11.6 Å². The second-order valence-electron chi connectivity index (χ2n) is 7.86. The number of halogens is 1. The second-order valence-corrected chi connectivity index (χ2v) is 8.30. The van der Waals surface area contributed by atoms with E-state index in [9.17, 15) is 4.79 Å². The maximum Gasteiger partial charge on any atom is 0.227 e. The molecule has 2 atom stereocenters. The smallest absolute Gasteiger partial charge is 0.227 e. The molecule has 1 N–H and O–H groups in total. The van der Waals surface area contributed by atoms with Gasteiger partial charge in [0, 0.05) is 43.4 Å². The van der Waals surface area contributed by atoms with Gasteiger partial charge in [-0.1, -0.05) is 48.0 Å². The van der Waals surface area contributed by atoms with Gasteiger partial charge in [0.05, 0.1) is 5.92 Å². The molecule has 2 aliphatic heterocycles. The molecule has 1 amide bonds. The summed E-state index contributed by atoms with van der Waals surface area (Å²) in [6.07, 6.45) is 1.02. The first kappa shape index (κ1) is 19.3. The molecular weight excluding hydrogens is 370 g/mol. The Morgan fingerprint density at radius 2 is 1.82 bits per heavy atom.